The molecule has 0 aliphatic heterocycles. The fourth-order valence-electron chi connectivity index (χ4n) is 1.63. The van der Waals surface area contributed by atoms with E-state index in [0.717, 1.165) is 5.56 Å². The summed E-state index contributed by atoms with van der Waals surface area (Å²) in [4.78, 5) is 23.6. The number of esters is 1. The molecular formula is C14H20N2O3. The number of benzene rings is 1. The molecule has 19 heavy (non-hydrogen) atoms. The van der Waals surface area contributed by atoms with E-state index in [1.165, 1.54) is 7.11 Å². The third-order valence-corrected chi connectivity index (χ3v) is 2.94. The summed E-state index contributed by atoms with van der Waals surface area (Å²) in [5.41, 5.74) is 6.78. The number of anilines is 1. The topological polar surface area (TPSA) is 81.4 Å². The van der Waals surface area contributed by atoms with E-state index in [1.807, 2.05) is 6.92 Å². The van der Waals surface area contributed by atoms with E-state index in [0.29, 0.717) is 11.3 Å². The van der Waals surface area contributed by atoms with Crippen molar-refractivity contribution in [2.24, 2.45) is 5.41 Å². The summed E-state index contributed by atoms with van der Waals surface area (Å²) in [5.74, 6) is -0.612. The Kier molecular flexibility index (Phi) is 4.53. The van der Waals surface area contributed by atoms with Gasteiger partial charge in [-0.15, -0.1) is 0 Å². The molecule has 0 unspecified atom stereocenters. The summed E-state index contributed by atoms with van der Waals surface area (Å²) >= 11 is 0. The van der Waals surface area contributed by atoms with Crippen LogP contribution < -0.4 is 11.1 Å². The summed E-state index contributed by atoms with van der Waals surface area (Å²) in [6, 6.07) is 5.15. The first-order chi connectivity index (χ1) is 8.77. The molecule has 0 heterocycles. The molecule has 0 bridgehead atoms. The van der Waals surface area contributed by atoms with Gasteiger partial charge in [0.15, 0.2) is 0 Å². The second-order valence-corrected chi connectivity index (χ2v) is 5.13. The number of amides is 1. The molecule has 1 amide bonds. The SMILES string of the molecule is COC(=O)C(C)(C)CNC(=O)c1cc(N)ccc1C. The first-order valence-corrected chi connectivity index (χ1v) is 6.00. The van der Waals surface area contributed by atoms with Gasteiger partial charge in [0.05, 0.1) is 12.5 Å². The normalized spacial score (nSPS) is 10.9. The molecule has 0 fully saturated rings. The number of ether oxygens (including phenoxy) is 1. The van der Waals surface area contributed by atoms with Crippen molar-refractivity contribution >= 4 is 17.6 Å². The van der Waals surface area contributed by atoms with Gasteiger partial charge in [0.1, 0.15) is 0 Å². The van der Waals surface area contributed by atoms with Gasteiger partial charge in [0.25, 0.3) is 5.91 Å². The standard InChI is InChI=1S/C14H20N2O3/c1-9-5-6-10(15)7-11(9)12(17)16-8-14(2,3)13(18)19-4/h5-7H,8,15H2,1-4H3,(H,16,17). The highest BCUT2D eigenvalue weighted by molar-refractivity contribution is 5.96. The minimum atomic E-state index is -0.765. The largest absolute Gasteiger partial charge is 0.469 e. The molecular weight excluding hydrogens is 244 g/mol. The van der Waals surface area contributed by atoms with Gasteiger partial charge in [-0.05, 0) is 38.5 Å². The van der Waals surface area contributed by atoms with Crippen molar-refractivity contribution < 1.29 is 14.3 Å². The molecule has 0 aliphatic rings. The lowest BCUT2D eigenvalue weighted by Crippen LogP contribution is -2.39. The predicted octanol–water partition coefficient (Wildman–Crippen LogP) is 1.51. The Hall–Kier alpha value is -2.04. The first kappa shape index (κ1) is 15.0. The zero-order chi connectivity index (χ0) is 14.6. The number of methoxy groups -OCH3 is 1. The summed E-state index contributed by atoms with van der Waals surface area (Å²) in [7, 11) is 1.33. The van der Waals surface area contributed by atoms with Crippen LogP contribution in [0.2, 0.25) is 0 Å². The van der Waals surface area contributed by atoms with Crippen molar-refractivity contribution in [1.29, 1.82) is 0 Å². The van der Waals surface area contributed by atoms with Gasteiger partial charge in [-0.3, -0.25) is 9.59 Å². The number of nitrogen functional groups attached to an aromatic ring is 1. The molecule has 0 saturated carbocycles. The van der Waals surface area contributed by atoms with Gasteiger partial charge < -0.3 is 15.8 Å². The summed E-state index contributed by atoms with van der Waals surface area (Å²) in [6.07, 6.45) is 0. The Morgan fingerprint density at radius 3 is 2.58 bits per heavy atom. The van der Waals surface area contributed by atoms with Crippen LogP contribution in [0.25, 0.3) is 0 Å². The van der Waals surface area contributed by atoms with Crippen LogP contribution in [0.4, 0.5) is 5.69 Å². The van der Waals surface area contributed by atoms with E-state index >= 15 is 0 Å². The number of carbonyl (C=O) groups excluding carboxylic acids is 2. The molecule has 1 aromatic rings. The Morgan fingerprint density at radius 2 is 2.00 bits per heavy atom. The number of nitrogens with two attached hydrogens (primary N) is 1. The van der Waals surface area contributed by atoms with Crippen molar-refractivity contribution in [3.63, 3.8) is 0 Å². The zero-order valence-electron chi connectivity index (χ0n) is 11.7. The number of hydrogen-bond acceptors (Lipinski definition) is 4. The molecule has 104 valence electrons. The zero-order valence-corrected chi connectivity index (χ0v) is 11.7. The number of nitrogens with one attached hydrogen (secondary N) is 1. The average Bonchev–Trinajstić information content (AvgIpc) is 2.37. The Labute approximate surface area is 113 Å². The third-order valence-electron chi connectivity index (χ3n) is 2.94. The van der Waals surface area contributed by atoms with Gasteiger partial charge in [0, 0.05) is 17.8 Å². The number of aryl methyl sites for hydroxylation is 1. The van der Waals surface area contributed by atoms with Crippen molar-refractivity contribution in [2.75, 3.05) is 19.4 Å². The molecule has 5 nitrogen and oxygen atoms in total. The van der Waals surface area contributed by atoms with Gasteiger partial charge in [-0.2, -0.15) is 0 Å². The predicted molar refractivity (Wildman–Crippen MR) is 73.7 cm³/mol. The van der Waals surface area contributed by atoms with Gasteiger partial charge in [-0.25, -0.2) is 0 Å². The Bertz CT molecular complexity index is 495. The lowest BCUT2D eigenvalue weighted by Gasteiger charge is -2.22. The third kappa shape index (κ3) is 3.71. The smallest absolute Gasteiger partial charge is 0.313 e. The van der Waals surface area contributed by atoms with E-state index in [4.69, 9.17) is 5.73 Å². The number of rotatable bonds is 4. The molecule has 0 radical (unpaired) electrons. The van der Waals surface area contributed by atoms with Gasteiger partial charge >= 0.3 is 5.97 Å². The number of carbonyl (C=O) groups is 2. The lowest BCUT2D eigenvalue weighted by molar-refractivity contribution is -0.150. The Morgan fingerprint density at radius 1 is 1.37 bits per heavy atom. The second kappa shape index (κ2) is 5.73. The van der Waals surface area contributed by atoms with Crippen LogP contribution in [0.3, 0.4) is 0 Å². The van der Waals surface area contributed by atoms with Crippen LogP contribution in [-0.2, 0) is 9.53 Å². The molecule has 3 N–H and O–H groups in total. The van der Waals surface area contributed by atoms with Gasteiger partial charge in [-0.1, -0.05) is 6.07 Å². The maximum Gasteiger partial charge on any atom is 0.313 e. The van der Waals surface area contributed by atoms with Crippen LogP contribution in [0.1, 0.15) is 29.8 Å². The van der Waals surface area contributed by atoms with Crippen molar-refractivity contribution in [3.05, 3.63) is 29.3 Å². The minimum absolute atomic E-state index is 0.201. The van der Waals surface area contributed by atoms with Crippen LogP contribution in [0, 0.1) is 12.3 Å². The van der Waals surface area contributed by atoms with Crippen molar-refractivity contribution in [1.82, 2.24) is 5.32 Å². The monoisotopic (exact) mass is 264 g/mol. The Balaban J connectivity index is 2.76. The molecule has 1 rings (SSSR count). The molecule has 0 spiro atoms. The maximum absolute atomic E-state index is 12.1. The average molecular weight is 264 g/mol. The summed E-state index contributed by atoms with van der Waals surface area (Å²) in [6.45, 7) is 5.46. The summed E-state index contributed by atoms with van der Waals surface area (Å²) < 4.78 is 4.69. The van der Waals surface area contributed by atoms with E-state index in [9.17, 15) is 9.59 Å². The van der Waals surface area contributed by atoms with Crippen LogP contribution >= 0.6 is 0 Å². The van der Waals surface area contributed by atoms with Crippen molar-refractivity contribution in [3.8, 4) is 0 Å². The van der Waals surface area contributed by atoms with Crippen LogP contribution in [0.5, 0.6) is 0 Å². The van der Waals surface area contributed by atoms with E-state index in [-0.39, 0.29) is 18.4 Å². The van der Waals surface area contributed by atoms with Gasteiger partial charge in [0.2, 0.25) is 0 Å². The molecule has 0 aliphatic carbocycles. The quantitative estimate of drug-likeness (QED) is 0.638. The molecule has 0 aromatic heterocycles. The van der Waals surface area contributed by atoms with Crippen LogP contribution in [-0.4, -0.2) is 25.5 Å². The molecule has 5 heteroatoms. The fraction of sp³-hybridized carbons (Fsp3) is 0.429. The first-order valence-electron chi connectivity index (χ1n) is 6.00. The molecule has 1 aromatic carbocycles. The van der Waals surface area contributed by atoms with E-state index in [2.05, 4.69) is 10.1 Å². The van der Waals surface area contributed by atoms with Crippen LogP contribution in [0.15, 0.2) is 18.2 Å². The lowest BCUT2D eigenvalue weighted by atomic mass is 9.93. The van der Waals surface area contributed by atoms with E-state index in [1.54, 1.807) is 32.0 Å². The highest BCUT2D eigenvalue weighted by Crippen LogP contribution is 2.17. The second-order valence-electron chi connectivity index (χ2n) is 5.13. The number of hydrogen-bond donors (Lipinski definition) is 2. The fourth-order valence-corrected chi connectivity index (χ4v) is 1.63. The molecule has 0 saturated heterocycles. The molecule has 0 atom stereocenters. The van der Waals surface area contributed by atoms with E-state index < -0.39 is 5.41 Å². The summed E-state index contributed by atoms with van der Waals surface area (Å²) in [5, 5.41) is 2.73. The van der Waals surface area contributed by atoms with Crippen molar-refractivity contribution in [2.45, 2.75) is 20.8 Å². The highest BCUT2D eigenvalue weighted by Gasteiger charge is 2.29. The minimum Gasteiger partial charge on any atom is -0.469 e. The highest BCUT2D eigenvalue weighted by atomic mass is 16.5. The maximum atomic E-state index is 12.1.